The van der Waals surface area contributed by atoms with Gasteiger partial charge in [0.2, 0.25) is 0 Å². The summed E-state index contributed by atoms with van der Waals surface area (Å²) in [7, 11) is 0. The van der Waals surface area contributed by atoms with Crippen LogP contribution < -0.4 is 0 Å². The van der Waals surface area contributed by atoms with Crippen LogP contribution in [0.4, 0.5) is 0 Å². The van der Waals surface area contributed by atoms with Crippen LogP contribution in [0.15, 0.2) is 23.3 Å². The fraction of sp³-hybridized carbons (Fsp3) is 0.862. The van der Waals surface area contributed by atoms with E-state index in [4.69, 9.17) is 0 Å². The molecule has 4 rings (SSSR count). The van der Waals surface area contributed by atoms with E-state index in [9.17, 15) is 10.2 Å². The van der Waals surface area contributed by atoms with E-state index in [0.717, 1.165) is 44.9 Å². The summed E-state index contributed by atoms with van der Waals surface area (Å²) in [5.41, 5.74) is 2.56. The number of fused-ring (bicyclic) bond motifs is 5. The van der Waals surface area contributed by atoms with Gasteiger partial charge in [-0.05, 0) is 106 Å². The maximum Gasteiger partial charge on any atom is 0.0729 e. The van der Waals surface area contributed by atoms with E-state index in [1.54, 1.807) is 0 Å². The van der Waals surface area contributed by atoms with Gasteiger partial charge in [0.25, 0.3) is 0 Å². The zero-order chi connectivity index (χ0) is 22.8. The van der Waals surface area contributed by atoms with Crippen molar-refractivity contribution in [2.75, 3.05) is 0 Å². The van der Waals surface area contributed by atoms with Crippen LogP contribution in [-0.2, 0) is 0 Å². The molecule has 0 heterocycles. The van der Waals surface area contributed by atoms with E-state index in [2.05, 4.69) is 60.6 Å². The molecule has 0 unspecified atom stereocenters. The van der Waals surface area contributed by atoms with Gasteiger partial charge >= 0.3 is 0 Å². The van der Waals surface area contributed by atoms with E-state index in [-0.39, 0.29) is 22.3 Å². The average Bonchev–Trinajstić information content (AvgIpc) is 2.97. The predicted octanol–water partition coefficient (Wildman–Crippen LogP) is 7.06. The van der Waals surface area contributed by atoms with Crippen LogP contribution >= 0.6 is 0 Å². The fourth-order valence-corrected chi connectivity index (χ4v) is 9.11. The molecule has 2 heteroatoms. The normalized spacial score (nSPS) is 46.9. The van der Waals surface area contributed by atoms with E-state index in [1.807, 2.05) is 0 Å². The van der Waals surface area contributed by atoms with Gasteiger partial charge in [0.05, 0.1) is 11.7 Å². The minimum atomic E-state index is -0.523. The van der Waals surface area contributed by atoms with Crippen molar-refractivity contribution in [3.63, 3.8) is 0 Å². The Balaban J connectivity index is 1.60. The lowest BCUT2D eigenvalue weighted by molar-refractivity contribution is -0.153. The van der Waals surface area contributed by atoms with Gasteiger partial charge in [0.1, 0.15) is 0 Å². The average molecular weight is 429 g/mol. The van der Waals surface area contributed by atoms with Crippen LogP contribution in [0.5, 0.6) is 0 Å². The summed E-state index contributed by atoms with van der Waals surface area (Å²) >= 11 is 0. The monoisotopic (exact) mass is 428 g/mol. The molecule has 0 bridgehead atoms. The van der Waals surface area contributed by atoms with Crippen LogP contribution in [0.25, 0.3) is 0 Å². The molecule has 0 saturated heterocycles. The van der Waals surface area contributed by atoms with E-state index in [0.29, 0.717) is 23.7 Å². The SMILES string of the molecule is CC(C)=CCC[C@@H](C)[C@@]1(O)CC[C@H]2[C@@H]3CC=C4C(C)(C)[C@@H](O)CC[C@]4(C)[C@H]3CC[C@@]21C. The van der Waals surface area contributed by atoms with Crippen molar-refractivity contribution in [3.05, 3.63) is 23.3 Å². The summed E-state index contributed by atoms with van der Waals surface area (Å²) in [5.74, 6) is 2.38. The largest absolute Gasteiger partial charge is 0.392 e. The van der Waals surface area contributed by atoms with Crippen LogP contribution in [-0.4, -0.2) is 21.9 Å². The number of allylic oxidation sites excluding steroid dienone is 3. The van der Waals surface area contributed by atoms with Crippen molar-refractivity contribution in [2.24, 2.45) is 39.9 Å². The van der Waals surface area contributed by atoms with Gasteiger partial charge in [-0.3, -0.25) is 0 Å². The number of hydrogen-bond acceptors (Lipinski definition) is 2. The molecule has 4 aliphatic carbocycles. The maximum absolute atomic E-state index is 12.1. The first-order valence-electron chi connectivity index (χ1n) is 13.1. The van der Waals surface area contributed by atoms with Crippen molar-refractivity contribution in [3.8, 4) is 0 Å². The second-order valence-electron chi connectivity index (χ2n) is 13.1. The van der Waals surface area contributed by atoms with Crippen LogP contribution in [0.1, 0.15) is 106 Å². The van der Waals surface area contributed by atoms with Crippen molar-refractivity contribution < 1.29 is 10.2 Å². The lowest BCUT2D eigenvalue weighted by Gasteiger charge is -2.62. The number of rotatable bonds is 4. The molecule has 0 aromatic rings. The van der Waals surface area contributed by atoms with Crippen molar-refractivity contribution >= 4 is 0 Å². The Labute approximate surface area is 191 Å². The number of aliphatic hydroxyl groups excluding tert-OH is 1. The van der Waals surface area contributed by atoms with Gasteiger partial charge in [0, 0.05) is 5.41 Å². The van der Waals surface area contributed by atoms with Gasteiger partial charge < -0.3 is 10.2 Å². The smallest absolute Gasteiger partial charge is 0.0729 e. The van der Waals surface area contributed by atoms with E-state index >= 15 is 0 Å². The van der Waals surface area contributed by atoms with Gasteiger partial charge in [-0.2, -0.15) is 0 Å². The summed E-state index contributed by atoms with van der Waals surface area (Å²) in [5, 5.41) is 22.8. The minimum absolute atomic E-state index is 0.0456. The zero-order valence-electron chi connectivity index (χ0n) is 21.3. The Bertz CT molecular complexity index is 759. The molecule has 2 nitrogen and oxygen atoms in total. The van der Waals surface area contributed by atoms with Crippen LogP contribution in [0.2, 0.25) is 0 Å². The summed E-state index contributed by atoms with van der Waals surface area (Å²) in [6.45, 7) is 16.1. The summed E-state index contributed by atoms with van der Waals surface area (Å²) < 4.78 is 0. The van der Waals surface area contributed by atoms with Gasteiger partial charge in [0.15, 0.2) is 0 Å². The van der Waals surface area contributed by atoms with E-state index in [1.165, 1.54) is 24.0 Å². The van der Waals surface area contributed by atoms with Gasteiger partial charge in [-0.25, -0.2) is 0 Å². The topological polar surface area (TPSA) is 40.5 Å². The molecule has 0 spiro atoms. The van der Waals surface area contributed by atoms with Gasteiger partial charge in [-0.15, -0.1) is 0 Å². The van der Waals surface area contributed by atoms with E-state index < -0.39 is 5.60 Å². The Kier molecular flexibility index (Phi) is 5.87. The van der Waals surface area contributed by atoms with Crippen molar-refractivity contribution in [1.82, 2.24) is 0 Å². The lowest BCUT2D eigenvalue weighted by atomic mass is 9.44. The first-order chi connectivity index (χ1) is 14.4. The summed E-state index contributed by atoms with van der Waals surface area (Å²) in [4.78, 5) is 0. The highest BCUT2D eigenvalue weighted by Crippen LogP contribution is 2.69. The standard InChI is InChI=1S/C29H48O2/c1-19(2)9-8-10-20(3)29(31)18-14-23-21-11-12-24-26(4,5)25(30)15-16-27(24,6)22(21)13-17-28(23,29)7/h9,12,20-23,25,30-31H,8,10-11,13-18H2,1-7H3/t20-,21-,22+,23+,25+,27-,28+,29+/m1/s1. The third-order valence-electron chi connectivity index (χ3n) is 11.1. The Morgan fingerprint density at radius 1 is 1.06 bits per heavy atom. The maximum atomic E-state index is 12.1. The fourth-order valence-electron chi connectivity index (χ4n) is 9.11. The van der Waals surface area contributed by atoms with Crippen LogP contribution in [0.3, 0.4) is 0 Å². The Hall–Kier alpha value is -0.600. The molecule has 8 atom stereocenters. The molecule has 2 N–H and O–H groups in total. The van der Waals surface area contributed by atoms with Gasteiger partial charge in [-0.1, -0.05) is 57.9 Å². The highest BCUT2D eigenvalue weighted by atomic mass is 16.3. The minimum Gasteiger partial charge on any atom is -0.392 e. The molecular weight excluding hydrogens is 380 g/mol. The molecule has 3 saturated carbocycles. The molecule has 0 aliphatic heterocycles. The molecule has 0 aromatic carbocycles. The van der Waals surface area contributed by atoms with Crippen LogP contribution in [0, 0.1) is 39.9 Å². The third kappa shape index (κ3) is 3.33. The van der Waals surface area contributed by atoms with Crippen molar-refractivity contribution in [1.29, 1.82) is 0 Å². The molecule has 0 aromatic heterocycles. The molecule has 31 heavy (non-hydrogen) atoms. The molecule has 0 radical (unpaired) electrons. The Morgan fingerprint density at radius 3 is 2.42 bits per heavy atom. The zero-order valence-corrected chi connectivity index (χ0v) is 21.3. The summed E-state index contributed by atoms with van der Waals surface area (Å²) in [6.07, 6.45) is 14.6. The molecular formula is C29H48O2. The first-order valence-corrected chi connectivity index (χ1v) is 13.1. The third-order valence-corrected chi connectivity index (χ3v) is 11.1. The second kappa shape index (κ2) is 7.73. The van der Waals surface area contributed by atoms with Crippen molar-refractivity contribution in [2.45, 2.75) is 118 Å². The highest BCUT2D eigenvalue weighted by Gasteiger charge is 2.65. The first kappa shape index (κ1) is 23.6. The lowest BCUT2D eigenvalue weighted by Crippen LogP contribution is -2.58. The molecule has 3 fully saturated rings. The molecule has 0 amide bonds. The number of hydrogen-bond donors (Lipinski definition) is 2. The summed E-state index contributed by atoms with van der Waals surface area (Å²) in [6, 6.07) is 0. The molecule has 176 valence electrons. The molecule has 4 aliphatic rings. The highest BCUT2D eigenvalue weighted by molar-refractivity contribution is 5.31. The Morgan fingerprint density at radius 2 is 1.74 bits per heavy atom. The number of aliphatic hydroxyl groups is 2. The predicted molar refractivity (Wildman–Crippen MR) is 130 cm³/mol. The second-order valence-corrected chi connectivity index (χ2v) is 13.1. The quantitative estimate of drug-likeness (QED) is 0.471.